The zero-order valence-electron chi connectivity index (χ0n) is 15.7. The maximum atomic E-state index is 12.2. The zero-order valence-corrected chi connectivity index (χ0v) is 15.7. The molecule has 6 nitrogen and oxygen atoms in total. The number of urea groups is 1. The minimum absolute atomic E-state index is 0.0960. The van der Waals surface area contributed by atoms with E-state index in [0.29, 0.717) is 19.2 Å². The number of benzene rings is 1. The van der Waals surface area contributed by atoms with Crippen LogP contribution in [0.5, 0.6) is 0 Å². The van der Waals surface area contributed by atoms with E-state index in [4.69, 9.17) is 9.84 Å². The first kappa shape index (κ1) is 18.0. The molecule has 1 fully saturated rings. The van der Waals surface area contributed by atoms with Crippen molar-refractivity contribution in [1.82, 2.24) is 20.4 Å². The topological polar surface area (TPSA) is 68.2 Å². The summed E-state index contributed by atoms with van der Waals surface area (Å²) < 4.78 is 7.87. The standard InChI is InChI=1S/C21H28N4O2/c26-21(23-18-9-5-2-6-10-18)22-13-19-20-17(11-12-27-19)15-25(24-20)14-16-7-3-1-4-8-16/h1,3-4,7-8,15,18-19H,2,5-6,9-14H2,(H2,22,23,26)/t19-/m0/s1. The van der Waals surface area contributed by atoms with Crippen LogP contribution in [0.25, 0.3) is 0 Å². The molecule has 27 heavy (non-hydrogen) atoms. The number of rotatable bonds is 5. The van der Waals surface area contributed by atoms with Gasteiger partial charge in [0, 0.05) is 12.2 Å². The lowest BCUT2D eigenvalue weighted by molar-refractivity contribution is 0.0410. The molecular weight excluding hydrogens is 340 g/mol. The first-order chi connectivity index (χ1) is 13.3. The van der Waals surface area contributed by atoms with Gasteiger partial charge in [-0.3, -0.25) is 4.68 Å². The molecule has 1 saturated carbocycles. The Bertz CT molecular complexity index is 753. The van der Waals surface area contributed by atoms with E-state index in [-0.39, 0.29) is 12.1 Å². The Hall–Kier alpha value is -2.34. The summed E-state index contributed by atoms with van der Waals surface area (Å²) in [7, 11) is 0. The van der Waals surface area contributed by atoms with E-state index in [1.54, 1.807) is 0 Å². The highest BCUT2D eigenvalue weighted by Crippen LogP contribution is 2.25. The maximum Gasteiger partial charge on any atom is 0.315 e. The van der Waals surface area contributed by atoms with Crippen LogP contribution in [0.1, 0.15) is 55.0 Å². The second-order valence-corrected chi connectivity index (χ2v) is 7.52. The summed E-state index contributed by atoms with van der Waals surface area (Å²) in [6, 6.07) is 10.5. The first-order valence-corrected chi connectivity index (χ1v) is 10.0. The van der Waals surface area contributed by atoms with Gasteiger partial charge in [-0.25, -0.2) is 4.79 Å². The summed E-state index contributed by atoms with van der Waals surface area (Å²) in [4.78, 5) is 12.2. The number of carbonyl (C=O) groups is 1. The third kappa shape index (κ3) is 4.69. The molecular formula is C21H28N4O2. The van der Waals surface area contributed by atoms with Crippen molar-refractivity contribution in [2.45, 2.75) is 57.2 Å². The quantitative estimate of drug-likeness (QED) is 0.852. The van der Waals surface area contributed by atoms with Crippen molar-refractivity contribution in [3.05, 3.63) is 53.3 Å². The van der Waals surface area contributed by atoms with Crippen LogP contribution in [0.4, 0.5) is 4.79 Å². The summed E-state index contributed by atoms with van der Waals surface area (Å²) in [5, 5.41) is 10.8. The molecule has 144 valence electrons. The molecule has 4 rings (SSSR count). The highest BCUT2D eigenvalue weighted by atomic mass is 16.5. The lowest BCUT2D eigenvalue weighted by Gasteiger charge is -2.25. The Morgan fingerprint density at radius 3 is 2.81 bits per heavy atom. The summed E-state index contributed by atoms with van der Waals surface area (Å²) in [6.07, 6.45) is 8.67. The van der Waals surface area contributed by atoms with Gasteiger partial charge < -0.3 is 15.4 Å². The first-order valence-electron chi connectivity index (χ1n) is 10.0. The van der Waals surface area contributed by atoms with E-state index in [9.17, 15) is 4.79 Å². The molecule has 0 saturated heterocycles. The molecule has 2 aliphatic rings. The van der Waals surface area contributed by atoms with Crippen molar-refractivity contribution in [1.29, 1.82) is 0 Å². The van der Waals surface area contributed by atoms with Crippen LogP contribution >= 0.6 is 0 Å². The molecule has 0 unspecified atom stereocenters. The Balaban J connectivity index is 1.34. The van der Waals surface area contributed by atoms with Gasteiger partial charge in [0.1, 0.15) is 6.10 Å². The second-order valence-electron chi connectivity index (χ2n) is 7.52. The smallest absolute Gasteiger partial charge is 0.315 e. The van der Waals surface area contributed by atoms with Crippen molar-refractivity contribution in [3.63, 3.8) is 0 Å². The van der Waals surface area contributed by atoms with Crippen LogP contribution in [0.2, 0.25) is 0 Å². The molecule has 1 aromatic heterocycles. The summed E-state index contributed by atoms with van der Waals surface area (Å²) >= 11 is 0. The van der Waals surface area contributed by atoms with E-state index in [2.05, 4.69) is 29.0 Å². The predicted molar refractivity (Wildman–Crippen MR) is 104 cm³/mol. The molecule has 0 radical (unpaired) electrons. The number of ether oxygens (including phenoxy) is 1. The molecule has 6 heteroatoms. The maximum absolute atomic E-state index is 12.2. The van der Waals surface area contributed by atoms with Gasteiger partial charge in [-0.2, -0.15) is 5.10 Å². The third-order valence-electron chi connectivity index (χ3n) is 5.44. The lowest BCUT2D eigenvalue weighted by Crippen LogP contribution is -2.44. The van der Waals surface area contributed by atoms with Crippen LogP contribution in [-0.2, 0) is 17.7 Å². The predicted octanol–water partition coefficient (Wildman–Crippen LogP) is 3.18. The molecule has 1 aliphatic heterocycles. The molecule has 0 spiro atoms. The normalized spacial score (nSPS) is 20.1. The average Bonchev–Trinajstić information content (AvgIpc) is 3.11. The van der Waals surface area contributed by atoms with Crippen molar-refractivity contribution in [2.24, 2.45) is 0 Å². The van der Waals surface area contributed by atoms with Crippen molar-refractivity contribution in [2.75, 3.05) is 13.2 Å². The second kappa shape index (κ2) is 8.57. The van der Waals surface area contributed by atoms with Crippen LogP contribution in [0, 0.1) is 0 Å². The van der Waals surface area contributed by atoms with Gasteiger partial charge in [0.2, 0.25) is 0 Å². The molecule has 1 aliphatic carbocycles. The number of nitrogens with one attached hydrogen (secondary N) is 2. The Kier molecular flexibility index (Phi) is 5.72. The fraction of sp³-hybridized carbons (Fsp3) is 0.524. The Morgan fingerprint density at radius 2 is 2.00 bits per heavy atom. The van der Waals surface area contributed by atoms with Crippen molar-refractivity contribution < 1.29 is 9.53 Å². The zero-order chi connectivity index (χ0) is 18.5. The number of hydrogen-bond donors (Lipinski definition) is 2. The number of hydrogen-bond acceptors (Lipinski definition) is 3. The van der Waals surface area contributed by atoms with E-state index in [1.807, 2.05) is 22.9 Å². The molecule has 1 aromatic carbocycles. The van der Waals surface area contributed by atoms with Gasteiger partial charge in [-0.1, -0.05) is 49.6 Å². The van der Waals surface area contributed by atoms with Crippen molar-refractivity contribution in [3.8, 4) is 0 Å². The van der Waals surface area contributed by atoms with Gasteiger partial charge in [0.05, 0.1) is 25.4 Å². The minimum Gasteiger partial charge on any atom is -0.370 e. The number of carbonyl (C=O) groups excluding carboxylic acids is 1. The van der Waals surface area contributed by atoms with Gasteiger partial charge in [-0.05, 0) is 30.4 Å². The molecule has 2 N–H and O–H groups in total. The van der Waals surface area contributed by atoms with Crippen molar-refractivity contribution >= 4 is 6.03 Å². The van der Waals surface area contributed by atoms with Gasteiger partial charge in [0.25, 0.3) is 0 Å². The highest BCUT2D eigenvalue weighted by molar-refractivity contribution is 5.74. The fourth-order valence-corrected chi connectivity index (χ4v) is 4.01. The largest absolute Gasteiger partial charge is 0.370 e. The number of fused-ring (bicyclic) bond motifs is 1. The molecule has 1 atom stereocenters. The van der Waals surface area contributed by atoms with E-state index in [0.717, 1.165) is 31.5 Å². The molecule has 2 amide bonds. The Morgan fingerprint density at radius 1 is 1.19 bits per heavy atom. The summed E-state index contributed by atoms with van der Waals surface area (Å²) in [5.41, 5.74) is 3.40. The van der Waals surface area contributed by atoms with Crippen LogP contribution in [0.15, 0.2) is 36.5 Å². The summed E-state index contributed by atoms with van der Waals surface area (Å²) in [5.74, 6) is 0. The highest BCUT2D eigenvalue weighted by Gasteiger charge is 2.25. The molecule has 0 bridgehead atoms. The third-order valence-corrected chi connectivity index (χ3v) is 5.44. The van der Waals surface area contributed by atoms with Crippen LogP contribution < -0.4 is 10.6 Å². The Labute approximate surface area is 160 Å². The van der Waals surface area contributed by atoms with Crippen LogP contribution in [-0.4, -0.2) is 35.0 Å². The lowest BCUT2D eigenvalue weighted by atomic mass is 9.96. The van der Waals surface area contributed by atoms with Crippen LogP contribution in [0.3, 0.4) is 0 Å². The molecule has 2 aromatic rings. The van der Waals surface area contributed by atoms with E-state index < -0.39 is 0 Å². The average molecular weight is 368 g/mol. The summed E-state index contributed by atoms with van der Waals surface area (Å²) in [6.45, 7) is 1.87. The van der Waals surface area contributed by atoms with Gasteiger partial charge in [0.15, 0.2) is 0 Å². The number of nitrogens with zero attached hydrogens (tertiary/aromatic N) is 2. The van der Waals surface area contributed by atoms with E-state index in [1.165, 1.54) is 30.4 Å². The monoisotopic (exact) mass is 368 g/mol. The minimum atomic E-state index is -0.178. The van der Waals surface area contributed by atoms with E-state index >= 15 is 0 Å². The fourth-order valence-electron chi connectivity index (χ4n) is 4.01. The van der Waals surface area contributed by atoms with Gasteiger partial charge >= 0.3 is 6.03 Å². The van der Waals surface area contributed by atoms with Gasteiger partial charge in [-0.15, -0.1) is 0 Å². The SMILES string of the molecule is O=C(NC[C@@H]1OCCc2cn(Cc3ccccc3)nc21)NC1CCCCC1. The number of amides is 2. The molecule has 2 heterocycles. The number of aromatic nitrogens is 2.